The van der Waals surface area contributed by atoms with Crippen LogP contribution < -0.4 is 9.80 Å². The van der Waals surface area contributed by atoms with Gasteiger partial charge >= 0.3 is 0 Å². The minimum atomic E-state index is 0.839. The minimum Gasteiger partial charge on any atom is -0.376 e. The molecular formula is C16H18ClN3S2. The molecule has 1 aromatic carbocycles. The summed E-state index contributed by atoms with van der Waals surface area (Å²) in [4.78, 5) is 10.3. The second-order valence-electron chi connectivity index (χ2n) is 5.50. The first-order valence-corrected chi connectivity index (χ1v) is 8.99. The summed E-state index contributed by atoms with van der Waals surface area (Å²) in [6.45, 7) is 2.91. The Kier molecular flexibility index (Phi) is 4.30. The van der Waals surface area contributed by atoms with Crippen LogP contribution in [0.15, 0.2) is 24.3 Å². The van der Waals surface area contributed by atoms with Crippen LogP contribution in [0.3, 0.4) is 0 Å². The molecule has 0 aliphatic heterocycles. The average molecular weight is 352 g/mol. The fraction of sp³-hybridized carbons (Fsp3) is 0.312. The predicted molar refractivity (Wildman–Crippen MR) is 100 cm³/mol. The van der Waals surface area contributed by atoms with Crippen molar-refractivity contribution in [1.82, 2.24) is 4.98 Å². The second-order valence-corrected chi connectivity index (χ2v) is 8.54. The first kappa shape index (κ1) is 15.6. The van der Waals surface area contributed by atoms with E-state index in [1.807, 2.05) is 6.07 Å². The molecule has 0 bridgehead atoms. The number of hydrogen-bond acceptors (Lipinski definition) is 5. The SMILES string of the molecule is Cc1nc2c(N(C)C)cc(N(C)Cc3ccc(Cl)s3)cc2s1. The van der Waals surface area contributed by atoms with Gasteiger partial charge in [0.15, 0.2) is 0 Å². The van der Waals surface area contributed by atoms with Gasteiger partial charge in [0.05, 0.1) is 26.3 Å². The van der Waals surface area contributed by atoms with E-state index in [9.17, 15) is 0 Å². The van der Waals surface area contributed by atoms with E-state index in [1.54, 1.807) is 22.7 Å². The largest absolute Gasteiger partial charge is 0.376 e. The van der Waals surface area contributed by atoms with Crippen molar-refractivity contribution in [2.75, 3.05) is 30.9 Å². The van der Waals surface area contributed by atoms with Crippen molar-refractivity contribution >= 4 is 55.9 Å². The lowest BCUT2D eigenvalue weighted by molar-refractivity contribution is 0.940. The Hall–Kier alpha value is -1.30. The van der Waals surface area contributed by atoms with Crippen LogP contribution in [0.4, 0.5) is 11.4 Å². The summed E-state index contributed by atoms with van der Waals surface area (Å²) in [7, 11) is 6.24. The van der Waals surface area contributed by atoms with E-state index < -0.39 is 0 Å². The highest BCUT2D eigenvalue weighted by Gasteiger charge is 2.13. The molecule has 0 aliphatic rings. The number of thiazole rings is 1. The quantitative estimate of drug-likeness (QED) is 0.657. The van der Waals surface area contributed by atoms with Gasteiger partial charge < -0.3 is 9.80 Å². The zero-order valence-corrected chi connectivity index (χ0v) is 15.4. The molecule has 6 heteroatoms. The van der Waals surface area contributed by atoms with Crippen LogP contribution in [0.1, 0.15) is 9.88 Å². The Morgan fingerprint density at radius 2 is 1.91 bits per heavy atom. The molecule has 0 aliphatic carbocycles. The van der Waals surface area contributed by atoms with Crippen molar-refractivity contribution < 1.29 is 0 Å². The average Bonchev–Trinajstić information content (AvgIpc) is 3.01. The van der Waals surface area contributed by atoms with Crippen molar-refractivity contribution in [3.05, 3.63) is 38.5 Å². The summed E-state index contributed by atoms with van der Waals surface area (Å²) < 4.78 is 2.07. The van der Waals surface area contributed by atoms with Gasteiger partial charge in [-0.3, -0.25) is 0 Å². The Balaban J connectivity index is 1.99. The van der Waals surface area contributed by atoms with E-state index in [-0.39, 0.29) is 0 Å². The van der Waals surface area contributed by atoms with Gasteiger partial charge in [-0.1, -0.05) is 11.6 Å². The van der Waals surface area contributed by atoms with Crippen LogP contribution in [-0.2, 0) is 6.54 Å². The van der Waals surface area contributed by atoms with E-state index in [4.69, 9.17) is 11.6 Å². The third-order valence-electron chi connectivity index (χ3n) is 3.51. The standard InChI is InChI=1S/C16H18ClN3S2/c1-10-18-16-13(19(2)3)7-11(8-14(16)21-10)20(4)9-12-5-6-15(17)22-12/h5-8H,9H2,1-4H3. The van der Waals surface area contributed by atoms with E-state index in [1.165, 1.54) is 15.3 Å². The van der Waals surface area contributed by atoms with E-state index in [0.29, 0.717) is 0 Å². The maximum Gasteiger partial charge on any atom is 0.105 e. The van der Waals surface area contributed by atoms with Gasteiger partial charge in [-0.05, 0) is 31.2 Å². The molecule has 3 aromatic rings. The first-order chi connectivity index (χ1) is 10.4. The van der Waals surface area contributed by atoms with Crippen molar-refractivity contribution in [2.45, 2.75) is 13.5 Å². The smallest absolute Gasteiger partial charge is 0.105 e. The maximum atomic E-state index is 6.02. The first-order valence-electron chi connectivity index (χ1n) is 6.98. The minimum absolute atomic E-state index is 0.839. The Bertz CT molecular complexity index is 807. The molecule has 0 fully saturated rings. The van der Waals surface area contributed by atoms with Crippen LogP contribution in [0, 0.1) is 6.92 Å². The van der Waals surface area contributed by atoms with Crippen molar-refractivity contribution in [2.24, 2.45) is 0 Å². The Labute approximate surface area is 143 Å². The highest BCUT2D eigenvalue weighted by molar-refractivity contribution is 7.18. The summed E-state index contributed by atoms with van der Waals surface area (Å²) in [5.41, 5.74) is 3.45. The number of fused-ring (bicyclic) bond motifs is 1. The highest BCUT2D eigenvalue weighted by Crippen LogP contribution is 2.35. The molecule has 0 unspecified atom stereocenters. The fourth-order valence-electron chi connectivity index (χ4n) is 2.43. The molecule has 0 amide bonds. The predicted octanol–water partition coefficient (Wildman–Crippen LogP) is 5.02. The topological polar surface area (TPSA) is 19.4 Å². The molecule has 116 valence electrons. The lowest BCUT2D eigenvalue weighted by Crippen LogP contribution is -2.17. The van der Waals surface area contributed by atoms with Crippen molar-refractivity contribution in [1.29, 1.82) is 0 Å². The zero-order chi connectivity index (χ0) is 15.9. The molecule has 3 nitrogen and oxygen atoms in total. The summed E-state index contributed by atoms with van der Waals surface area (Å²) in [5.74, 6) is 0. The lowest BCUT2D eigenvalue weighted by Gasteiger charge is -2.21. The van der Waals surface area contributed by atoms with Gasteiger partial charge in [-0.25, -0.2) is 4.98 Å². The maximum absolute atomic E-state index is 6.02. The van der Waals surface area contributed by atoms with E-state index in [0.717, 1.165) is 27.1 Å². The van der Waals surface area contributed by atoms with E-state index in [2.05, 4.69) is 61.0 Å². The normalized spacial score (nSPS) is 11.1. The van der Waals surface area contributed by atoms with Crippen molar-refractivity contribution in [3.8, 4) is 0 Å². The van der Waals surface area contributed by atoms with Crippen LogP contribution in [0.5, 0.6) is 0 Å². The van der Waals surface area contributed by atoms with Gasteiger partial charge in [-0.15, -0.1) is 22.7 Å². The van der Waals surface area contributed by atoms with Gasteiger partial charge in [0, 0.05) is 31.7 Å². The monoisotopic (exact) mass is 351 g/mol. The molecule has 2 aromatic heterocycles. The number of benzene rings is 1. The van der Waals surface area contributed by atoms with Gasteiger partial charge in [-0.2, -0.15) is 0 Å². The molecule has 2 heterocycles. The number of thiophene rings is 1. The number of halogens is 1. The molecule has 0 atom stereocenters. The number of nitrogens with zero attached hydrogens (tertiary/aromatic N) is 3. The number of hydrogen-bond donors (Lipinski definition) is 0. The van der Waals surface area contributed by atoms with Crippen LogP contribution in [0.2, 0.25) is 4.34 Å². The zero-order valence-electron chi connectivity index (χ0n) is 13.1. The molecule has 3 rings (SSSR count). The molecule has 0 saturated heterocycles. The van der Waals surface area contributed by atoms with Gasteiger partial charge in [0.1, 0.15) is 5.52 Å². The Morgan fingerprint density at radius 1 is 1.14 bits per heavy atom. The fourth-order valence-corrected chi connectivity index (χ4v) is 4.45. The van der Waals surface area contributed by atoms with Crippen LogP contribution in [-0.4, -0.2) is 26.1 Å². The molecule has 0 spiro atoms. The number of anilines is 2. The third kappa shape index (κ3) is 3.07. The lowest BCUT2D eigenvalue weighted by atomic mass is 10.2. The number of rotatable bonds is 4. The van der Waals surface area contributed by atoms with Crippen molar-refractivity contribution in [3.63, 3.8) is 0 Å². The molecular weight excluding hydrogens is 334 g/mol. The molecule has 0 N–H and O–H groups in total. The van der Waals surface area contributed by atoms with Gasteiger partial charge in [0.2, 0.25) is 0 Å². The number of aromatic nitrogens is 1. The Morgan fingerprint density at radius 3 is 2.55 bits per heavy atom. The molecule has 0 saturated carbocycles. The summed E-state index contributed by atoms with van der Waals surface area (Å²) in [6, 6.07) is 8.47. The van der Waals surface area contributed by atoms with Crippen LogP contribution in [0.25, 0.3) is 10.2 Å². The summed E-state index contributed by atoms with van der Waals surface area (Å²) >= 11 is 9.40. The number of aryl methyl sites for hydroxylation is 1. The van der Waals surface area contributed by atoms with E-state index >= 15 is 0 Å². The molecule has 22 heavy (non-hydrogen) atoms. The summed E-state index contributed by atoms with van der Waals surface area (Å²) in [5, 5.41) is 1.10. The molecule has 0 radical (unpaired) electrons. The van der Waals surface area contributed by atoms with Gasteiger partial charge in [0.25, 0.3) is 0 Å². The second kappa shape index (κ2) is 6.07. The third-order valence-corrected chi connectivity index (χ3v) is 5.64. The highest BCUT2D eigenvalue weighted by atomic mass is 35.5. The summed E-state index contributed by atoms with van der Waals surface area (Å²) in [6.07, 6.45) is 0. The van der Waals surface area contributed by atoms with Crippen LogP contribution >= 0.6 is 34.3 Å².